The molecule has 1 amide bonds. The summed E-state index contributed by atoms with van der Waals surface area (Å²) in [6.45, 7) is 2.16. The van der Waals surface area contributed by atoms with Crippen LogP contribution >= 0.6 is 0 Å². The summed E-state index contributed by atoms with van der Waals surface area (Å²) in [5.74, 6) is -0.446. The van der Waals surface area contributed by atoms with Crippen molar-refractivity contribution in [3.8, 4) is 5.75 Å². The zero-order chi connectivity index (χ0) is 17.7. The van der Waals surface area contributed by atoms with Crippen LogP contribution in [0.5, 0.6) is 5.75 Å². The van der Waals surface area contributed by atoms with Crippen LogP contribution in [-0.4, -0.2) is 36.8 Å². The van der Waals surface area contributed by atoms with E-state index in [0.29, 0.717) is 24.0 Å². The van der Waals surface area contributed by atoms with Crippen molar-refractivity contribution in [1.82, 2.24) is 0 Å². The Hall–Kier alpha value is -2.34. The number of hydrogen-bond donors (Lipinski definition) is 2. The van der Waals surface area contributed by atoms with Crippen LogP contribution in [0, 0.1) is 11.3 Å². The summed E-state index contributed by atoms with van der Waals surface area (Å²) in [5, 5.41) is 12.2. The number of carbonyl (C=O) groups is 2. The molecule has 0 bridgehead atoms. The summed E-state index contributed by atoms with van der Waals surface area (Å²) in [6, 6.07) is 7.08. The molecule has 6 nitrogen and oxygen atoms in total. The molecule has 0 unspecified atom stereocenters. The summed E-state index contributed by atoms with van der Waals surface area (Å²) in [7, 11) is 0. The quantitative estimate of drug-likeness (QED) is 0.612. The zero-order valence-electron chi connectivity index (χ0n) is 14.1. The fraction of sp³-hybridized carbons (Fsp3) is 0.474. The number of nitrogens with one attached hydrogen (secondary N) is 1. The van der Waals surface area contributed by atoms with E-state index in [9.17, 15) is 14.7 Å². The fourth-order valence-electron chi connectivity index (χ4n) is 3.15. The van der Waals surface area contributed by atoms with Crippen LogP contribution in [0.1, 0.15) is 25.7 Å². The molecule has 1 heterocycles. The molecule has 0 spiro atoms. The van der Waals surface area contributed by atoms with Gasteiger partial charge in [-0.05, 0) is 43.7 Å². The Bertz CT molecular complexity index is 656. The molecule has 1 saturated heterocycles. The smallest absolute Gasteiger partial charge is 0.319 e. The molecule has 0 saturated carbocycles. The highest BCUT2D eigenvalue weighted by atomic mass is 16.5. The Labute approximate surface area is 146 Å². The van der Waals surface area contributed by atoms with E-state index in [1.54, 1.807) is 30.4 Å². The molecule has 0 radical (unpaired) electrons. The lowest BCUT2D eigenvalue weighted by Gasteiger charge is -2.23. The number of carbonyl (C=O) groups excluding carboxylic acids is 1. The fourth-order valence-corrected chi connectivity index (χ4v) is 3.15. The topological polar surface area (TPSA) is 84.9 Å². The molecule has 1 aliphatic heterocycles. The highest BCUT2D eigenvalue weighted by Gasteiger charge is 2.46. The number of allylic oxidation sites excluding steroid dienone is 2. The van der Waals surface area contributed by atoms with Crippen LogP contribution in [0.4, 0.5) is 5.69 Å². The van der Waals surface area contributed by atoms with Crippen LogP contribution in [0.25, 0.3) is 0 Å². The van der Waals surface area contributed by atoms with Gasteiger partial charge in [-0.3, -0.25) is 9.59 Å². The number of benzene rings is 1. The highest BCUT2D eigenvalue weighted by molar-refractivity contribution is 6.09. The van der Waals surface area contributed by atoms with Crippen molar-refractivity contribution < 1.29 is 24.2 Å². The molecule has 3 rings (SSSR count). The lowest BCUT2D eigenvalue weighted by Crippen LogP contribution is -2.41. The van der Waals surface area contributed by atoms with Gasteiger partial charge in [0.2, 0.25) is 5.91 Å². The van der Waals surface area contributed by atoms with E-state index in [4.69, 9.17) is 9.47 Å². The Kier molecular flexibility index (Phi) is 5.38. The van der Waals surface area contributed by atoms with Crippen molar-refractivity contribution in [2.24, 2.45) is 11.3 Å². The van der Waals surface area contributed by atoms with E-state index in [1.807, 2.05) is 6.07 Å². The number of carboxylic acids is 1. The number of amides is 1. The second kappa shape index (κ2) is 7.70. The molecule has 25 heavy (non-hydrogen) atoms. The first kappa shape index (κ1) is 17.5. The van der Waals surface area contributed by atoms with Crippen LogP contribution < -0.4 is 10.1 Å². The van der Waals surface area contributed by atoms with E-state index in [-0.39, 0.29) is 12.8 Å². The van der Waals surface area contributed by atoms with Crippen molar-refractivity contribution in [1.29, 1.82) is 0 Å². The van der Waals surface area contributed by atoms with Gasteiger partial charge in [0.1, 0.15) is 5.75 Å². The average Bonchev–Trinajstić information content (AvgIpc) is 3.13. The summed E-state index contributed by atoms with van der Waals surface area (Å²) in [5.41, 5.74) is -0.860. The number of carboxylic acid groups (broad SMARTS) is 1. The minimum absolute atomic E-state index is 0.216. The molecule has 134 valence electrons. The van der Waals surface area contributed by atoms with Gasteiger partial charge in [-0.2, -0.15) is 0 Å². The van der Waals surface area contributed by atoms with E-state index in [0.717, 1.165) is 26.1 Å². The molecule has 1 aliphatic carbocycles. The Balaban J connectivity index is 1.61. The normalized spacial score (nSPS) is 19.5. The maximum absolute atomic E-state index is 12.5. The van der Waals surface area contributed by atoms with Crippen LogP contribution in [0.3, 0.4) is 0 Å². The minimum Gasteiger partial charge on any atom is -0.493 e. The maximum Gasteiger partial charge on any atom is 0.319 e. The SMILES string of the molecule is O=C(O)C1(C(=O)Nc2cccc(OCC3CCOCC3)c2)CC=CC1. The largest absolute Gasteiger partial charge is 0.493 e. The Morgan fingerprint density at radius 1 is 1.24 bits per heavy atom. The van der Waals surface area contributed by atoms with Gasteiger partial charge in [-0.1, -0.05) is 18.2 Å². The molecule has 0 atom stereocenters. The van der Waals surface area contributed by atoms with E-state index in [2.05, 4.69) is 5.32 Å². The summed E-state index contributed by atoms with van der Waals surface area (Å²) in [4.78, 5) is 24.1. The summed E-state index contributed by atoms with van der Waals surface area (Å²) >= 11 is 0. The molecule has 6 heteroatoms. The number of aliphatic carboxylic acids is 1. The minimum atomic E-state index is -1.40. The van der Waals surface area contributed by atoms with Gasteiger partial charge in [0.15, 0.2) is 5.41 Å². The second-order valence-electron chi connectivity index (χ2n) is 6.62. The number of anilines is 1. The monoisotopic (exact) mass is 345 g/mol. The molecular formula is C19H23NO5. The average molecular weight is 345 g/mol. The first-order valence-electron chi connectivity index (χ1n) is 8.61. The van der Waals surface area contributed by atoms with Gasteiger partial charge in [-0.15, -0.1) is 0 Å². The molecule has 1 aromatic carbocycles. The van der Waals surface area contributed by atoms with Crippen LogP contribution in [0.2, 0.25) is 0 Å². The second-order valence-corrected chi connectivity index (χ2v) is 6.62. The maximum atomic E-state index is 12.5. The Morgan fingerprint density at radius 2 is 1.96 bits per heavy atom. The summed E-state index contributed by atoms with van der Waals surface area (Å²) < 4.78 is 11.2. The third-order valence-corrected chi connectivity index (χ3v) is 4.86. The van der Waals surface area contributed by atoms with Crippen molar-refractivity contribution in [3.05, 3.63) is 36.4 Å². The van der Waals surface area contributed by atoms with Crippen molar-refractivity contribution in [2.75, 3.05) is 25.1 Å². The zero-order valence-corrected chi connectivity index (χ0v) is 14.1. The number of ether oxygens (including phenoxy) is 2. The number of hydrogen-bond acceptors (Lipinski definition) is 4. The predicted molar refractivity (Wildman–Crippen MR) is 92.6 cm³/mol. The first-order valence-corrected chi connectivity index (χ1v) is 8.61. The third kappa shape index (κ3) is 4.02. The molecule has 0 aromatic heterocycles. The predicted octanol–water partition coefficient (Wildman–Crippen LogP) is 2.85. The van der Waals surface area contributed by atoms with Crippen molar-refractivity contribution in [3.63, 3.8) is 0 Å². The third-order valence-electron chi connectivity index (χ3n) is 4.86. The van der Waals surface area contributed by atoms with E-state index >= 15 is 0 Å². The highest BCUT2D eigenvalue weighted by Crippen LogP contribution is 2.35. The van der Waals surface area contributed by atoms with Gasteiger partial charge in [0, 0.05) is 25.0 Å². The number of rotatable bonds is 6. The lowest BCUT2D eigenvalue weighted by molar-refractivity contribution is -0.153. The molecule has 2 aliphatic rings. The van der Waals surface area contributed by atoms with Gasteiger partial charge in [-0.25, -0.2) is 0 Å². The van der Waals surface area contributed by atoms with E-state index in [1.165, 1.54) is 0 Å². The van der Waals surface area contributed by atoms with Gasteiger partial charge < -0.3 is 19.9 Å². The van der Waals surface area contributed by atoms with Gasteiger partial charge >= 0.3 is 5.97 Å². The van der Waals surface area contributed by atoms with Crippen molar-refractivity contribution in [2.45, 2.75) is 25.7 Å². The molecule has 1 aromatic rings. The lowest BCUT2D eigenvalue weighted by atomic mass is 9.84. The van der Waals surface area contributed by atoms with E-state index < -0.39 is 17.3 Å². The Morgan fingerprint density at radius 3 is 2.64 bits per heavy atom. The van der Waals surface area contributed by atoms with Crippen LogP contribution in [-0.2, 0) is 14.3 Å². The molecule has 2 N–H and O–H groups in total. The molecular weight excluding hydrogens is 322 g/mol. The van der Waals surface area contributed by atoms with Crippen molar-refractivity contribution >= 4 is 17.6 Å². The first-order chi connectivity index (χ1) is 12.1. The summed E-state index contributed by atoms with van der Waals surface area (Å²) in [6.07, 6.45) is 5.89. The van der Waals surface area contributed by atoms with Gasteiger partial charge in [0.25, 0.3) is 0 Å². The molecule has 1 fully saturated rings. The standard InChI is InChI=1S/C19H23NO5/c21-17(19(18(22)23)8-1-2-9-19)20-15-4-3-5-16(12-15)25-13-14-6-10-24-11-7-14/h1-5,12,14H,6-11,13H2,(H,20,21)(H,22,23). The van der Waals surface area contributed by atoms with Crippen LogP contribution in [0.15, 0.2) is 36.4 Å². The van der Waals surface area contributed by atoms with Gasteiger partial charge in [0.05, 0.1) is 6.61 Å².